The molecule has 23 heavy (non-hydrogen) atoms. The van der Waals surface area contributed by atoms with E-state index in [4.69, 9.17) is 0 Å². The molecule has 0 saturated heterocycles. The maximum atomic E-state index is 3.23. The van der Waals surface area contributed by atoms with E-state index in [-0.39, 0.29) is 24.8 Å². The van der Waals surface area contributed by atoms with Crippen molar-refractivity contribution in [2.24, 2.45) is 0 Å². The third-order valence-electron chi connectivity index (χ3n) is 4.37. The SMILES string of the molecule is CNc1ccc2c(c1)CCN(CCCc1ccccc1)C2.Cl.Cl. The average Bonchev–Trinajstić information content (AvgIpc) is 2.55. The lowest BCUT2D eigenvalue weighted by molar-refractivity contribution is 0.251. The predicted octanol–water partition coefficient (Wildman–Crippen LogP) is 4.56. The maximum Gasteiger partial charge on any atom is 0.0340 e. The molecule has 2 aromatic carbocycles. The van der Waals surface area contributed by atoms with Crippen LogP contribution in [0.15, 0.2) is 48.5 Å². The van der Waals surface area contributed by atoms with Crippen molar-refractivity contribution in [2.45, 2.75) is 25.8 Å². The van der Waals surface area contributed by atoms with Crippen molar-refractivity contribution >= 4 is 30.5 Å². The van der Waals surface area contributed by atoms with Gasteiger partial charge in [0.1, 0.15) is 0 Å². The van der Waals surface area contributed by atoms with Gasteiger partial charge in [-0.15, -0.1) is 24.8 Å². The summed E-state index contributed by atoms with van der Waals surface area (Å²) in [5.74, 6) is 0. The minimum Gasteiger partial charge on any atom is -0.388 e. The Kier molecular flexibility index (Phi) is 8.46. The first-order valence-corrected chi connectivity index (χ1v) is 7.91. The summed E-state index contributed by atoms with van der Waals surface area (Å²) < 4.78 is 0. The summed E-state index contributed by atoms with van der Waals surface area (Å²) >= 11 is 0. The number of halogens is 2. The van der Waals surface area contributed by atoms with Crippen LogP contribution < -0.4 is 5.32 Å². The first kappa shape index (κ1) is 19.8. The molecule has 3 rings (SSSR count). The largest absolute Gasteiger partial charge is 0.388 e. The van der Waals surface area contributed by atoms with Crippen LogP contribution in [0, 0.1) is 0 Å². The van der Waals surface area contributed by atoms with Crippen molar-refractivity contribution in [1.82, 2.24) is 4.90 Å². The Morgan fingerprint density at radius 1 is 1.00 bits per heavy atom. The van der Waals surface area contributed by atoms with E-state index in [0.29, 0.717) is 0 Å². The molecule has 0 amide bonds. The Hall–Kier alpha value is -1.22. The van der Waals surface area contributed by atoms with Gasteiger partial charge in [-0.2, -0.15) is 0 Å². The van der Waals surface area contributed by atoms with Crippen molar-refractivity contribution in [2.75, 3.05) is 25.5 Å². The third kappa shape index (κ3) is 5.42. The summed E-state index contributed by atoms with van der Waals surface area (Å²) in [6.07, 6.45) is 3.60. The van der Waals surface area contributed by atoms with Crippen LogP contribution in [0.25, 0.3) is 0 Å². The zero-order valence-corrected chi connectivity index (χ0v) is 15.3. The molecular formula is C19H26Cl2N2. The number of aryl methyl sites for hydroxylation is 1. The molecule has 1 aliphatic heterocycles. The fourth-order valence-corrected chi connectivity index (χ4v) is 3.11. The number of hydrogen-bond acceptors (Lipinski definition) is 2. The Morgan fingerprint density at radius 3 is 2.52 bits per heavy atom. The second-order valence-electron chi connectivity index (χ2n) is 5.85. The van der Waals surface area contributed by atoms with Crippen LogP contribution in [0.3, 0.4) is 0 Å². The highest BCUT2D eigenvalue weighted by Gasteiger charge is 2.15. The van der Waals surface area contributed by atoms with Gasteiger partial charge in [-0.25, -0.2) is 0 Å². The smallest absolute Gasteiger partial charge is 0.0340 e. The Labute approximate surface area is 152 Å². The van der Waals surface area contributed by atoms with Crippen LogP contribution >= 0.6 is 24.8 Å². The van der Waals surface area contributed by atoms with E-state index in [1.165, 1.54) is 54.7 Å². The van der Waals surface area contributed by atoms with Gasteiger partial charge < -0.3 is 5.32 Å². The molecule has 0 aliphatic carbocycles. The summed E-state index contributed by atoms with van der Waals surface area (Å²) in [7, 11) is 1.99. The van der Waals surface area contributed by atoms with Gasteiger partial charge in [0.2, 0.25) is 0 Å². The van der Waals surface area contributed by atoms with Crippen molar-refractivity contribution in [3.05, 3.63) is 65.2 Å². The van der Waals surface area contributed by atoms with Gasteiger partial charge >= 0.3 is 0 Å². The zero-order chi connectivity index (χ0) is 14.5. The average molecular weight is 353 g/mol. The van der Waals surface area contributed by atoms with Crippen molar-refractivity contribution in [3.63, 3.8) is 0 Å². The van der Waals surface area contributed by atoms with Crippen LogP contribution in [0.4, 0.5) is 5.69 Å². The van der Waals surface area contributed by atoms with E-state index in [1.807, 2.05) is 7.05 Å². The summed E-state index contributed by atoms with van der Waals surface area (Å²) in [6, 6.07) is 17.6. The quantitative estimate of drug-likeness (QED) is 0.848. The Morgan fingerprint density at radius 2 is 1.78 bits per heavy atom. The van der Waals surface area contributed by atoms with E-state index in [2.05, 4.69) is 58.7 Å². The lowest BCUT2D eigenvalue weighted by Gasteiger charge is -2.29. The first-order valence-electron chi connectivity index (χ1n) is 7.91. The van der Waals surface area contributed by atoms with Gasteiger partial charge in [0, 0.05) is 25.8 Å². The number of hydrogen-bond donors (Lipinski definition) is 1. The van der Waals surface area contributed by atoms with E-state index in [1.54, 1.807) is 0 Å². The Balaban J connectivity index is 0.00000132. The van der Waals surface area contributed by atoms with Gasteiger partial charge in [-0.3, -0.25) is 4.90 Å². The monoisotopic (exact) mass is 352 g/mol. The van der Waals surface area contributed by atoms with Crippen molar-refractivity contribution < 1.29 is 0 Å². The van der Waals surface area contributed by atoms with Gasteiger partial charge in [0.15, 0.2) is 0 Å². The molecule has 0 fully saturated rings. The van der Waals surface area contributed by atoms with Gasteiger partial charge in [0.05, 0.1) is 0 Å². The normalized spacial score (nSPS) is 13.4. The molecule has 1 aliphatic rings. The highest BCUT2D eigenvalue weighted by molar-refractivity contribution is 5.85. The summed E-state index contributed by atoms with van der Waals surface area (Å²) in [5.41, 5.74) is 5.70. The maximum absolute atomic E-state index is 3.23. The standard InChI is InChI=1S/C19H24N2.2ClH/c1-20-19-10-9-18-15-21(13-11-17(18)14-19)12-5-8-16-6-3-2-4-7-16;;/h2-4,6-7,9-10,14,20H,5,8,11-13,15H2,1H3;2*1H. The number of anilines is 1. The predicted molar refractivity (Wildman–Crippen MR) is 104 cm³/mol. The molecule has 0 atom stereocenters. The molecule has 0 unspecified atom stereocenters. The fourth-order valence-electron chi connectivity index (χ4n) is 3.11. The summed E-state index contributed by atoms with van der Waals surface area (Å²) in [5, 5.41) is 3.23. The van der Waals surface area contributed by atoms with E-state index in [9.17, 15) is 0 Å². The first-order chi connectivity index (χ1) is 10.3. The molecule has 1 N–H and O–H groups in total. The second-order valence-corrected chi connectivity index (χ2v) is 5.85. The number of nitrogens with zero attached hydrogens (tertiary/aromatic N) is 1. The molecule has 2 nitrogen and oxygen atoms in total. The topological polar surface area (TPSA) is 15.3 Å². The second kappa shape index (κ2) is 9.82. The molecule has 0 spiro atoms. The van der Waals surface area contributed by atoms with Crippen molar-refractivity contribution in [1.29, 1.82) is 0 Å². The minimum atomic E-state index is 0. The van der Waals surface area contributed by atoms with E-state index < -0.39 is 0 Å². The molecule has 2 aromatic rings. The molecule has 126 valence electrons. The highest BCUT2D eigenvalue weighted by atomic mass is 35.5. The fraction of sp³-hybridized carbons (Fsp3) is 0.368. The minimum absolute atomic E-state index is 0. The lowest BCUT2D eigenvalue weighted by Crippen LogP contribution is -2.31. The Bertz CT molecular complexity index is 587. The number of benzene rings is 2. The third-order valence-corrected chi connectivity index (χ3v) is 4.37. The van der Waals surface area contributed by atoms with Crippen LogP contribution in [0.2, 0.25) is 0 Å². The number of fused-ring (bicyclic) bond motifs is 1. The van der Waals surface area contributed by atoms with Crippen LogP contribution in [-0.4, -0.2) is 25.0 Å². The summed E-state index contributed by atoms with van der Waals surface area (Å²) in [6.45, 7) is 3.49. The van der Waals surface area contributed by atoms with Crippen molar-refractivity contribution in [3.8, 4) is 0 Å². The summed E-state index contributed by atoms with van der Waals surface area (Å²) in [4.78, 5) is 2.59. The molecule has 1 heterocycles. The highest BCUT2D eigenvalue weighted by Crippen LogP contribution is 2.22. The van der Waals surface area contributed by atoms with Gasteiger partial charge in [-0.1, -0.05) is 36.4 Å². The molecule has 0 saturated carbocycles. The molecule has 0 aromatic heterocycles. The van der Waals surface area contributed by atoms with Crippen LogP contribution in [0.1, 0.15) is 23.1 Å². The van der Waals surface area contributed by atoms with E-state index >= 15 is 0 Å². The van der Waals surface area contributed by atoms with Crippen LogP contribution in [-0.2, 0) is 19.4 Å². The molecule has 0 radical (unpaired) electrons. The molecular weight excluding hydrogens is 327 g/mol. The molecule has 0 bridgehead atoms. The lowest BCUT2D eigenvalue weighted by atomic mass is 9.98. The number of rotatable bonds is 5. The zero-order valence-electron chi connectivity index (χ0n) is 13.6. The number of nitrogens with one attached hydrogen (secondary N) is 1. The van der Waals surface area contributed by atoms with Gasteiger partial charge in [0.25, 0.3) is 0 Å². The van der Waals surface area contributed by atoms with Crippen LogP contribution in [0.5, 0.6) is 0 Å². The van der Waals surface area contributed by atoms with E-state index in [0.717, 1.165) is 6.54 Å². The van der Waals surface area contributed by atoms with Gasteiger partial charge in [-0.05, 0) is 54.6 Å². The molecule has 4 heteroatoms.